The van der Waals surface area contributed by atoms with E-state index in [1.54, 1.807) is 55.5 Å². The van der Waals surface area contributed by atoms with Gasteiger partial charge in [-0.3, -0.25) is 19.2 Å². The molecule has 3 N–H and O–H groups in total. The van der Waals surface area contributed by atoms with Crippen LogP contribution in [0.15, 0.2) is 88.4 Å². The van der Waals surface area contributed by atoms with E-state index in [1.807, 2.05) is 31.1 Å². The summed E-state index contributed by atoms with van der Waals surface area (Å²) in [6, 6.07) is 18.6. The summed E-state index contributed by atoms with van der Waals surface area (Å²) >= 11 is 0.607. The van der Waals surface area contributed by atoms with Crippen molar-refractivity contribution < 1.29 is 27.6 Å². The number of nitrogen functional groups attached to an aromatic ring is 1. The number of nitrogens with zero attached hydrogens (tertiary/aromatic N) is 4. The number of carbonyl (C=O) groups is 4. The van der Waals surface area contributed by atoms with E-state index in [4.69, 9.17) is 5.73 Å². The van der Waals surface area contributed by atoms with Gasteiger partial charge in [-0.25, -0.2) is 23.1 Å². The van der Waals surface area contributed by atoms with E-state index in [1.165, 1.54) is 24.1 Å². The summed E-state index contributed by atoms with van der Waals surface area (Å²) in [6.45, 7) is 2.82. The Morgan fingerprint density at radius 3 is 2.33 bits per heavy atom. The zero-order valence-corrected chi connectivity index (χ0v) is 28.6. The zero-order valence-electron chi connectivity index (χ0n) is 27.0. The molecule has 1 amide bonds. The zero-order chi connectivity index (χ0) is 35.0. The van der Waals surface area contributed by atoms with Gasteiger partial charge >= 0.3 is 0 Å². The summed E-state index contributed by atoms with van der Waals surface area (Å²) in [7, 11) is -0.279. The van der Waals surface area contributed by atoms with Crippen LogP contribution in [-0.4, -0.2) is 67.0 Å². The molecule has 3 aromatic carbocycles. The molecule has 0 saturated carbocycles. The highest BCUT2D eigenvalue weighted by molar-refractivity contribution is 8.18. The summed E-state index contributed by atoms with van der Waals surface area (Å²) in [5.41, 5.74) is 7.74. The second kappa shape index (κ2) is 15.8. The molecular formula is C34H36N6O6S2. The van der Waals surface area contributed by atoms with Gasteiger partial charge in [0.05, 0.1) is 22.8 Å². The number of thioether (sulfide) groups is 1. The van der Waals surface area contributed by atoms with Crippen LogP contribution < -0.4 is 15.4 Å². The van der Waals surface area contributed by atoms with Crippen molar-refractivity contribution in [3.05, 3.63) is 100 Å². The number of carbonyl (C=O) groups excluding carboxylic acids is 4. The smallest absolute Gasteiger partial charge is 0.241 e. The Kier molecular flexibility index (Phi) is 11.8. The van der Waals surface area contributed by atoms with Gasteiger partial charge in [-0.2, -0.15) is 0 Å². The number of hydrogen-bond donors (Lipinski definition) is 2. The van der Waals surface area contributed by atoms with Crippen molar-refractivity contribution >= 4 is 67.2 Å². The average Bonchev–Trinajstić information content (AvgIpc) is 3.06. The van der Waals surface area contributed by atoms with Crippen molar-refractivity contribution in [1.29, 1.82) is 0 Å². The lowest BCUT2D eigenvalue weighted by molar-refractivity contribution is -0.124. The van der Waals surface area contributed by atoms with Gasteiger partial charge in [0.2, 0.25) is 21.5 Å². The number of hydrogen-bond acceptors (Lipinski definition) is 11. The molecule has 0 aliphatic heterocycles. The summed E-state index contributed by atoms with van der Waals surface area (Å²) in [5.74, 6) is -0.651. The van der Waals surface area contributed by atoms with Crippen LogP contribution in [0.2, 0.25) is 0 Å². The Labute approximate surface area is 283 Å². The Bertz CT molecular complexity index is 2000. The second-order valence-corrected chi connectivity index (χ2v) is 13.8. The van der Waals surface area contributed by atoms with Crippen molar-refractivity contribution in [1.82, 2.24) is 19.6 Å². The number of anilines is 2. The van der Waals surface area contributed by atoms with Gasteiger partial charge in [-0.15, -0.1) is 0 Å². The van der Waals surface area contributed by atoms with E-state index in [9.17, 15) is 27.6 Å². The molecule has 0 spiro atoms. The minimum absolute atomic E-state index is 0.0671. The molecule has 4 aromatic rings. The fourth-order valence-electron chi connectivity index (χ4n) is 4.88. The third kappa shape index (κ3) is 8.70. The predicted octanol–water partition coefficient (Wildman–Crippen LogP) is 4.25. The fourth-order valence-corrected chi connectivity index (χ4v) is 7.02. The number of Topliss-reactive ketones (excluding diaryl/α,β-unsaturated/α-hetero) is 2. The van der Waals surface area contributed by atoms with Crippen molar-refractivity contribution in [3.63, 3.8) is 0 Å². The number of amides is 1. The summed E-state index contributed by atoms with van der Waals surface area (Å²) in [6.07, 6.45) is 1.05. The number of ketones is 2. The van der Waals surface area contributed by atoms with Crippen molar-refractivity contribution in [2.75, 3.05) is 31.3 Å². The van der Waals surface area contributed by atoms with E-state index in [0.717, 1.165) is 11.1 Å². The first-order valence-electron chi connectivity index (χ1n) is 14.8. The molecule has 12 nitrogen and oxygen atoms in total. The first-order valence-corrected chi connectivity index (χ1v) is 17.1. The third-order valence-corrected chi connectivity index (χ3v) is 10.1. The molecule has 0 fully saturated rings. The monoisotopic (exact) mass is 688 g/mol. The van der Waals surface area contributed by atoms with Crippen molar-refractivity contribution in [2.45, 2.75) is 38.1 Å². The normalized spacial score (nSPS) is 11.9. The highest BCUT2D eigenvalue weighted by Crippen LogP contribution is 2.31. The minimum atomic E-state index is -4.01. The number of aryl methyl sites for hydroxylation is 1. The van der Waals surface area contributed by atoms with Crippen LogP contribution in [0, 0.1) is 6.92 Å². The van der Waals surface area contributed by atoms with Gasteiger partial charge in [0.25, 0.3) is 0 Å². The quantitative estimate of drug-likeness (QED) is 0.104. The summed E-state index contributed by atoms with van der Waals surface area (Å²) in [5, 5.41) is 0.822. The number of benzene rings is 3. The van der Waals surface area contributed by atoms with Gasteiger partial charge in [-0.05, 0) is 37.7 Å². The summed E-state index contributed by atoms with van der Waals surface area (Å²) < 4.78 is 29.0. The van der Waals surface area contributed by atoms with E-state index in [0.29, 0.717) is 40.5 Å². The van der Waals surface area contributed by atoms with E-state index >= 15 is 0 Å². The van der Waals surface area contributed by atoms with Gasteiger partial charge in [0.15, 0.2) is 5.78 Å². The van der Waals surface area contributed by atoms with E-state index < -0.39 is 33.1 Å². The number of rotatable bonds is 15. The van der Waals surface area contributed by atoms with E-state index in [2.05, 4.69) is 14.7 Å². The molecule has 0 atom stereocenters. The minimum Gasteiger partial charge on any atom is -0.383 e. The molecule has 1 aromatic heterocycles. The number of allylic oxidation sites excluding steroid dienone is 2. The molecule has 48 heavy (non-hydrogen) atoms. The molecule has 0 radical (unpaired) electrons. The van der Waals surface area contributed by atoms with Crippen molar-refractivity contribution in [3.8, 4) is 0 Å². The lowest BCUT2D eigenvalue weighted by Crippen LogP contribution is -2.27. The van der Waals surface area contributed by atoms with Crippen LogP contribution in [0.1, 0.15) is 41.5 Å². The number of nitrogens with one attached hydrogen (secondary N) is 1. The molecule has 0 aliphatic rings. The van der Waals surface area contributed by atoms with Crippen LogP contribution in [0.4, 0.5) is 11.5 Å². The predicted molar refractivity (Wildman–Crippen MR) is 187 cm³/mol. The largest absolute Gasteiger partial charge is 0.383 e. The second-order valence-electron chi connectivity index (χ2n) is 11.0. The molecule has 4 rings (SSSR count). The molecule has 250 valence electrons. The highest BCUT2D eigenvalue weighted by atomic mass is 32.2. The Morgan fingerprint density at radius 1 is 0.979 bits per heavy atom. The van der Waals surface area contributed by atoms with Gasteiger partial charge < -0.3 is 15.5 Å². The third-order valence-electron chi connectivity index (χ3n) is 7.39. The fraction of sp³-hybridized carbons (Fsp3) is 0.235. The molecule has 14 heteroatoms. The summed E-state index contributed by atoms with van der Waals surface area (Å²) in [4.78, 5) is 63.2. The SMILES string of the molecule is CC(=C(SC(=O)c1ccccc1)C(=O)CC(=O)CCNS(=O)(=O)c1cccc2c(N(C)C)cccc12)N(C=O)Cc1cnc(C)nc1N. The molecule has 0 saturated heterocycles. The number of aromatic nitrogens is 2. The Morgan fingerprint density at radius 2 is 1.67 bits per heavy atom. The standard InChI is InChI=1S/C34H36N6O6S2/c1-22(40(21-41)20-25-19-36-23(2)38-33(25)35)32(47-34(44)24-10-6-5-7-11-24)30(43)18-26(42)16-17-37-48(45,46)31-15-9-12-27-28(31)13-8-14-29(27)39(3)4/h5-15,19,21,37H,16-18,20H2,1-4H3,(H2,35,36,38). The molecule has 0 unspecified atom stereocenters. The Balaban J connectivity index is 1.51. The molecule has 1 heterocycles. The highest BCUT2D eigenvalue weighted by Gasteiger charge is 2.25. The molecule has 0 bridgehead atoms. The van der Waals surface area contributed by atoms with Gasteiger partial charge in [0.1, 0.15) is 17.4 Å². The van der Waals surface area contributed by atoms with Crippen molar-refractivity contribution in [2.24, 2.45) is 0 Å². The topological polar surface area (TPSA) is 173 Å². The van der Waals surface area contributed by atoms with Gasteiger partial charge in [0, 0.05) is 66.5 Å². The lowest BCUT2D eigenvalue weighted by atomic mass is 10.1. The molecule has 0 aliphatic carbocycles. The van der Waals surface area contributed by atoms with Gasteiger partial charge in [-0.1, -0.05) is 54.6 Å². The van der Waals surface area contributed by atoms with Crippen LogP contribution in [-0.2, 0) is 31.0 Å². The van der Waals surface area contributed by atoms with E-state index in [-0.39, 0.29) is 40.8 Å². The molecular weight excluding hydrogens is 653 g/mol. The first kappa shape index (κ1) is 35.9. The van der Waals surface area contributed by atoms with Crippen LogP contribution in [0.3, 0.4) is 0 Å². The van der Waals surface area contributed by atoms with Crippen LogP contribution in [0.25, 0.3) is 10.8 Å². The number of sulfonamides is 1. The van der Waals surface area contributed by atoms with Crippen LogP contribution in [0.5, 0.6) is 0 Å². The number of nitrogens with two attached hydrogens (primary N) is 1. The average molecular weight is 689 g/mol. The maximum atomic E-state index is 13.6. The Hall–Kier alpha value is -4.92. The first-order chi connectivity index (χ1) is 22.8. The maximum Gasteiger partial charge on any atom is 0.241 e. The lowest BCUT2D eigenvalue weighted by Gasteiger charge is -2.21. The number of fused-ring (bicyclic) bond motifs is 1. The maximum absolute atomic E-state index is 13.6. The van der Waals surface area contributed by atoms with Crippen LogP contribution >= 0.6 is 11.8 Å².